The van der Waals surface area contributed by atoms with Gasteiger partial charge in [-0.15, -0.1) is 0 Å². The molecule has 0 radical (unpaired) electrons. The zero-order valence-electron chi connectivity index (χ0n) is 12.9. The number of fused-ring (bicyclic) bond motifs is 1. The summed E-state index contributed by atoms with van der Waals surface area (Å²) in [6, 6.07) is 12.6. The molecule has 0 fully saturated rings. The van der Waals surface area contributed by atoms with Crippen molar-refractivity contribution in [3.8, 4) is 11.5 Å². The Hall–Kier alpha value is -2.07. The van der Waals surface area contributed by atoms with Crippen molar-refractivity contribution in [1.29, 1.82) is 0 Å². The highest BCUT2D eigenvalue weighted by Gasteiger charge is 2.15. The number of nitrogens with zero attached hydrogens (tertiary/aromatic N) is 1. The first-order chi connectivity index (χ1) is 10.9. The fourth-order valence-corrected chi connectivity index (χ4v) is 2.70. The predicted octanol–water partition coefficient (Wildman–Crippen LogP) is 3.14. The van der Waals surface area contributed by atoms with Gasteiger partial charge < -0.3 is 14.8 Å². The molecule has 1 aromatic heterocycles. The highest BCUT2D eigenvalue weighted by atomic mass is 16.6. The van der Waals surface area contributed by atoms with Crippen LogP contribution in [0.5, 0.6) is 11.5 Å². The zero-order valence-corrected chi connectivity index (χ0v) is 12.9. The molecule has 0 saturated carbocycles. The SMILES string of the molecule is CC[C@@H](NCCc1ccccn1)c1ccc2c(c1)OCCO2. The molecule has 1 aromatic carbocycles. The van der Waals surface area contributed by atoms with Crippen molar-refractivity contribution >= 4 is 0 Å². The minimum absolute atomic E-state index is 0.319. The molecule has 116 valence electrons. The highest BCUT2D eigenvalue weighted by Crippen LogP contribution is 2.33. The van der Waals surface area contributed by atoms with Crippen LogP contribution < -0.4 is 14.8 Å². The second kappa shape index (κ2) is 7.27. The lowest BCUT2D eigenvalue weighted by molar-refractivity contribution is 0.171. The summed E-state index contributed by atoms with van der Waals surface area (Å²) in [5.74, 6) is 1.70. The van der Waals surface area contributed by atoms with Crippen molar-refractivity contribution in [2.24, 2.45) is 0 Å². The number of ether oxygens (including phenoxy) is 2. The molecule has 2 heterocycles. The van der Waals surface area contributed by atoms with Crippen molar-refractivity contribution in [3.63, 3.8) is 0 Å². The van der Waals surface area contributed by atoms with E-state index < -0.39 is 0 Å². The molecule has 1 N–H and O–H groups in total. The first-order valence-electron chi connectivity index (χ1n) is 7.89. The van der Waals surface area contributed by atoms with Crippen molar-refractivity contribution < 1.29 is 9.47 Å². The third kappa shape index (κ3) is 3.57. The third-order valence-electron chi connectivity index (χ3n) is 3.87. The lowest BCUT2D eigenvalue weighted by Gasteiger charge is -2.22. The number of hydrogen-bond acceptors (Lipinski definition) is 4. The monoisotopic (exact) mass is 298 g/mol. The first-order valence-corrected chi connectivity index (χ1v) is 7.89. The van der Waals surface area contributed by atoms with Gasteiger partial charge in [-0.3, -0.25) is 4.98 Å². The van der Waals surface area contributed by atoms with E-state index in [4.69, 9.17) is 9.47 Å². The van der Waals surface area contributed by atoms with E-state index in [1.165, 1.54) is 5.56 Å². The van der Waals surface area contributed by atoms with Gasteiger partial charge in [0, 0.05) is 30.9 Å². The van der Waals surface area contributed by atoms with Crippen LogP contribution >= 0.6 is 0 Å². The minimum atomic E-state index is 0.319. The Morgan fingerprint density at radius 1 is 1.14 bits per heavy atom. The summed E-state index contributed by atoms with van der Waals surface area (Å²) in [7, 11) is 0. The molecule has 3 rings (SSSR count). The molecule has 4 nitrogen and oxygen atoms in total. The molecule has 22 heavy (non-hydrogen) atoms. The predicted molar refractivity (Wildman–Crippen MR) is 86.4 cm³/mol. The van der Waals surface area contributed by atoms with E-state index in [2.05, 4.69) is 35.4 Å². The minimum Gasteiger partial charge on any atom is -0.486 e. The van der Waals surface area contributed by atoms with Gasteiger partial charge in [0.25, 0.3) is 0 Å². The maximum absolute atomic E-state index is 5.67. The van der Waals surface area contributed by atoms with E-state index in [1.807, 2.05) is 24.4 Å². The normalized spacial score (nSPS) is 14.6. The summed E-state index contributed by atoms with van der Waals surface area (Å²) >= 11 is 0. The number of hydrogen-bond donors (Lipinski definition) is 1. The Kier molecular flexibility index (Phi) is 4.91. The summed E-state index contributed by atoms with van der Waals surface area (Å²) in [4.78, 5) is 4.36. The molecule has 0 amide bonds. The largest absolute Gasteiger partial charge is 0.486 e. The standard InChI is InChI=1S/C18H22N2O2/c1-2-16(20-10-8-15-5-3-4-9-19-15)14-6-7-17-18(13-14)22-12-11-21-17/h3-7,9,13,16,20H,2,8,10-12H2,1H3/t16-/m1/s1. The van der Waals surface area contributed by atoms with E-state index in [0.717, 1.165) is 36.6 Å². The van der Waals surface area contributed by atoms with Crippen LogP contribution in [-0.2, 0) is 6.42 Å². The smallest absolute Gasteiger partial charge is 0.161 e. The Balaban J connectivity index is 1.61. The van der Waals surface area contributed by atoms with Gasteiger partial charge in [-0.2, -0.15) is 0 Å². The van der Waals surface area contributed by atoms with Crippen LogP contribution in [0.2, 0.25) is 0 Å². The topological polar surface area (TPSA) is 43.4 Å². The van der Waals surface area contributed by atoms with Gasteiger partial charge in [-0.25, -0.2) is 0 Å². The molecule has 1 aliphatic rings. The summed E-state index contributed by atoms with van der Waals surface area (Å²) < 4.78 is 11.2. The number of aromatic nitrogens is 1. The second-order valence-corrected chi connectivity index (χ2v) is 5.39. The molecule has 1 aliphatic heterocycles. The molecule has 4 heteroatoms. The van der Waals surface area contributed by atoms with Gasteiger partial charge in [-0.05, 0) is 36.2 Å². The Labute approximate surface area is 131 Å². The van der Waals surface area contributed by atoms with E-state index in [1.54, 1.807) is 0 Å². The highest BCUT2D eigenvalue weighted by molar-refractivity contribution is 5.44. The number of nitrogens with one attached hydrogen (secondary N) is 1. The first kappa shape index (κ1) is 14.9. The molecule has 0 unspecified atom stereocenters. The van der Waals surface area contributed by atoms with Crippen LogP contribution in [0.25, 0.3) is 0 Å². The molecule has 0 saturated heterocycles. The van der Waals surface area contributed by atoms with Gasteiger partial charge in [0.1, 0.15) is 13.2 Å². The Morgan fingerprint density at radius 2 is 2.00 bits per heavy atom. The molecule has 0 aliphatic carbocycles. The van der Waals surface area contributed by atoms with Crippen molar-refractivity contribution in [2.75, 3.05) is 19.8 Å². The lowest BCUT2D eigenvalue weighted by Crippen LogP contribution is -2.24. The number of pyridine rings is 1. The van der Waals surface area contributed by atoms with Gasteiger partial charge in [0.2, 0.25) is 0 Å². The quantitative estimate of drug-likeness (QED) is 0.890. The Morgan fingerprint density at radius 3 is 2.77 bits per heavy atom. The lowest BCUT2D eigenvalue weighted by atomic mass is 10.0. The van der Waals surface area contributed by atoms with Gasteiger partial charge in [0.15, 0.2) is 11.5 Å². The second-order valence-electron chi connectivity index (χ2n) is 5.39. The maximum atomic E-state index is 5.67. The van der Waals surface area contributed by atoms with E-state index in [0.29, 0.717) is 19.3 Å². The average Bonchev–Trinajstić information content (AvgIpc) is 2.59. The van der Waals surface area contributed by atoms with Crippen LogP contribution in [0.3, 0.4) is 0 Å². The zero-order chi connectivity index (χ0) is 15.2. The third-order valence-corrected chi connectivity index (χ3v) is 3.87. The molecule has 2 aromatic rings. The van der Waals surface area contributed by atoms with E-state index in [-0.39, 0.29) is 0 Å². The van der Waals surface area contributed by atoms with Crippen LogP contribution in [-0.4, -0.2) is 24.7 Å². The summed E-state index contributed by atoms with van der Waals surface area (Å²) in [6.45, 7) is 4.35. The van der Waals surface area contributed by atoms with Gasteiger partial charge in [0.05, 0.1) is 0 Å². The molecular weight excluding hydrogens is 276 g/mol. The van der Waals surface area contributed by atoms with Crippen molar-refractivity contribution in [2.45, 2.75) is 25.8 Å². The summed E-state index contributed by atoms with van der Waals surface area (Å²) in [5.41, 5.74) is 2.36. The Bertz CT molecular complexity index is 601. The molecule has 0 bridgehead atoms. The van der Waals surface area contributed by atoms with Gasteiger partial charge >= 0.3 is 0 Å². The van der Waals surface area contributed by atoms with Crippen LogP contribution in [0.4, 0.5) is 0 Å². The molecule has 1 atom stereocenters. The van der Waals surface area contributed by atoms with Crippen LogP contribution in [0.1, 0.15) is 30.6 Å². The summed E-state index contributed by atoms with van der Waals surface area (Å²) in [5, 5.41) is 3.60. The van der Waals surface area contributed by atoms with Crippen LogP contribution in [0, 0.1) is 0 Å². The average molecular weight is 298 g/mol. The van der Waals surface area contributed by atoms with E-state index >= 15 is 0 Å². The van der Waals surface area contributed by atoms with Crippen LogP contribution in [0.15, 0.2) is 42.6 Å². The van der Waals surface area contributed by atoms with Crippen molar-refractivity contribution in [1.82, 2.24) is 10.3 Å². The number of benzene rings is 1. The van der Waals surface area contributed by atoms with E-state index in [9.17, 15) is 0 Å². The number of rotatable bonds is 6. The van der Waals surface area contributed by atoms with Gasteiger partial charge in [-0.1, -0.05) is 19.1 Å². The molecule has 0 spiro atoms. The maximum Gasteiger partial charge on any atom is 0.161 e. The fourth-order valence-electron chi connectivity index (χ4n) is 2.70. The molecular formula is C18H22N2O2. The van der Waals surface area contributed by atoms with Crippen molar-refractivity contribution in [3.05, 3.63) is 53.9 Å². The fraction of sp³-hybridized carbons (Fsp3) is 0.389. The summed E-state index contributed by atoms with van der Waals surface area (Å²) in [6.07, 6.45) is 3.80.